The number of hydrogen-bond donors (Lipinski definition) is 0. The monoisotopic (exact) mass is 365 g/mol. The van der Waals surface area contributed by atoms with Crippen molar-refractivity contribution in [2.75, 3.05) is 13.8 Å². The molecule has 138 valence electrons. The van der Waals surface area contributed by atoms with E-state index >= 15 is 0 Å². The van der Waals surface area contributed by atoms with E-state index in [1.807, 2.05) is 49.4 Å². The minimum absolute atomic E-state index is 0.101. The van der Waals surface area contributed by atoms with E-state index in [0.717, 1.165) is 16.8 Å². The van der Waals surface area contributed by atoms with E-state index in [9.17, 15) is 4.79 Å². The van der Waals surface area contributed by atoms with Gasteiger partial charge in [0.1, 0.15) is 6.04 Å². The average Bonchev–Trinajstić information content (AvgIpc) is 3.31. The Morgan fingerprint density at radius 1 is 1.15 bits per heavy atom. The zero-order valence-corrected chi connectivity index (χ0v) is 15.3. The summed E-state index contributed by atoms with van der Waals surface area (Å²) in [6.45, 7) is 3.72. The molecule has 27 heavy (non-hydrogen) atoms. The number of nitrogens with zero attached hydrogens (tertiary/aromatic N) is 5. The Hall–Kier alpha value is -3.42. The van der Waals surface area contributed by atoms with Crippen LogP contribution in [0.2, 0.25) is 0 Å². The fourth-order valence-electron chi connectivity index (χ4n) is 3.05. The number of ether oxygens (including phenoxy) is 2. The summed E-state index contributed by atoms with van der Waals surface area (Å²) in [6, 6.07) is 13.0. The second-order valence-corrected chi connectivity index (χ2v) is 6.43. The quantitative estimate of drug-likeness (QED) is 0.705. The Labute approximate surface area is 156 Å². The highest BCUT2D eigenvalue weighted by atomic mass is 16.7. The first-order valence-electron chi connectivity index (χ1n) is 8.53. The number of carbonyl (C=O) groups is 1. The predicted molar refractivity (Wildman–Crippen MR) is 96.7 cm³/mol. The lowest BCUT2D eigenvalue weighted by atomic mass is 10.0. The van der Waals surface area contributed by atoms with Crippen LogP contribution in [0, 0.1) is 6.92 Å². The Morgan fingerprint density at radius 3 is 2.63 bits per heavy atom. The lowest BCUT2D eigenvalue weighted by Gasteiger charge is -2.26. The van der Waals surface area contributed by atoms with Crippen molar-refractivity contribution < 1.29 is 14.3 Å². The fraction of sp³-hybridized carbons (Fsp3) is 0.263. The zero-order chi connectivity index (χ0) is 19.0. The van der Waals surface area contributed by atoms with Crippen molar-refractivity contribution in [1.82, 2.24) is 25.1 Å². The molecule has 0 spiro atoms. The summed E-state index contributed by atoms with van der Waals surface area (Å²) in [5, 5.41) is 12.2. The molecule has 0 saturated carbocycles. The van der Waals surface area contributed by atoms with E-state index in [1.54, 1.807) is 16.6 Å². The van der Waals surface area contributed by atoms with E-state index in [4.69, 9.17) is 9.47 Å². The Kier molecular flexibility index (Phi) is 4.23. The first-order chi connectivity index (χ1) is 13.0. The van der Waals surface area contributed by atoms with Crippen LogP contribution in [0.1, 0.15) is 29.9 Å². The molecule has 1 amide bonds. The maximum atomic E-state index is 12.2. The van der Waals surface area contributed by atoms with Gasteiger partial charge in [-0.05, 0) is 47.2 Å². The van der Waals surface area contributed by atoms with Gasteiger partial charge in [-0.1, -0.05) is 23.8 Å². The molecule has 0 aliphatic carbocycles. The molecule has 2 aromatic carbocycles. The highest BCUT2D eigenvalue weighted by Gasteiger charge is 2.29. The summed E-state index contributed by atoms with van der Waals surface area (Å²) in [4.78, 5) is 13.8. The van der Waals surface area contributed by atoms with E-state index in [2.05, 4.69) is 15.5 Å². The van der Waals surface area contributed by atoms with Gasteiger partial charge in [0, 0.05) is 14.0 Å². The Morgan fingerprint density at radius 2 is 1.89 bits per heavy atom. The van der Waals surface area contributed by atoms with Crippen LogP contribution in [0.3, 0.4) is 0 Å². The van der Waals surface area contributed by atoms with Crippen molar-refractivity contribution >= 4 is 5.91 Å². The molecule has 2 heterocycles. The Bertz CT molecular complexity index is 983. The van der Waals surface area contributed by atoms with E-state index < -0.39 is 6.04 Å². The molecule has 0 bridgehead atoms. The van der Waals surface area contributed by atoms with E-state index in [0.29, 0.717) is 17.3 Å². The van der Waals surface area contributed by atoms with Gasteiger partial charge >= 0.3 is 0 Å². The smallest absolute Gasteiger partial charge is 0.231 e. The van der Waals surface area contributed by atoms with Gasteiger partial charge in [0.2, 0.25) is 12.7 Å². The third-order valence-electron chi connectivity index (χ3n) is 4.61. The van der Waals surface area contributed by atoms with Gasteiger partial charge in [-0.25, -0.2) is 0 Å². The van der Waals surface area contributed by atoms with Gasteiger partial charge in [-0.3, -0.25) is 4.79 Å². The van der Waals surface area contributed by atoms with Crippen LogP contribution in [-0.4, -0.2) is 44.9 Å². The number of hydrogen-bond acceptors (Lipinski definition) is 6. The van der Waals surface area contributed by atoms with Gasteiger partial charge in [-0.2, -0.15) is 4.68 Å². The number of tetrazole rings is 1. The van der Waals surface area contributed by atoms with Crippen molar-refractivity contribution in [2.24, 2.45) is 0 Å². The van der Waals surface area contributed by atoms with Gasteiger partial charge < -0.3 is 14.4 Å². The predicted octanol–water partition coefficient (Wildman–Crippen LogP) is 2.27. The van der Waals surface area contributed by atoms with Crippen LogP contribution in [0.25, 0.3) is 5.69 Å². The first kappa shape index (κ1) is 17.0. The van der Waals surface area contributed by atoms with Crippen molar-refractivity contribution in [2.45, 2.75) is 19.9 Å². The molecule has 8 nitrogen and oxygen atoms in total. The molecule has 1 aromatic heterocycles. The molecular formula is C19H19N5O3. The molecule has 3 aromatic rings. The normalized spacial score (nSPS) is 13.4. The first-order valence-corrected chi connectivity index (χ1v) is 8.53. The zero-order valence-electron chi connectivity index (χ0n) is 15.3. The molecule has 0 fully saturated rings. The summed E-state index contributed by atoms with van der Waals surface area (Å²) in [5.74, 6) is 1.76. The van der Waals surface area contributed by atoms with Crippen LogP contribution in [-0.2, 0) is 4.79 Å². The minimum Gasteiger partial charge on any atom is -0.454 e. The van der Waals surface area contributed by atoms with Gasteiger partial charge in [0.15, 0.2) is 17.3 Å². The van der Waals surface area contributed by atoms with Crippen LogP contribution in [0.5, 0.6) is 11.5 Å². The second-order valence-electron chi connectivity index (χ2n) is 6.43. The molecular weight excluding hydrogens is 346 g/mol. The lowest BCUT2D eigenvalue weighted by Crippen LogP contribution is -2.32. The molecule has 0 saturated heterocycles. The number of benzene rings is 2. The molecule has 1 aliphatic rings. The minimum atomic E-state index is -0.478. The van der Waals surface area contributed by atoms with Crippen LogP contribution in [0.4, 0.5) is 0 Å². The van der Waals surface area contributed by atoms with Crippen molar-refractivity contribution in [3.63, 3.8) is 0 Å². The SMILES string of the molecule is CC(=O)N(C)[C@@H](c1ccc2c(c1)OCO2)c1nnnn1-c1ccc(C)cc1. The summed E-state index contributed by atoms with van der Waals surface area (Å²) in [5.41, 5.74) is 2.80. The largest absolute Gasteiger partial charge is 0.454 e. The maximum Gasteiger partial charge on any atom is 0.231 e. The molecule has 1 atom stereocenters. The summed E-state index contributed by atoms with van der Waals surface area (Å²) >= 11 is 0. The number of aryl methyl sites for hydroxylation is 1. The standard InChI is InChI=1S/C19H19N5O3/c1-12-4-7-15(8-5-12)24-19(20-21-22-24)18(23(3)13(2)25)14-6-9-16-17(10-14)27-11-26-16/h4-10,18H,11H2,1-3H3/t18-/m0/s1. The van der Waals surface area contributed by atoms with E-state index in [-0.39, 0.29) is 12.7 Å². The third kappa shape index (κ3) is 3.10. The second kappa shape index (κ2) is 6.71. The number of amides is 1. The lowest BCUT2D eigenvalue weighted by molar-refractivity contribution is -0.129. The molecule has 0 unspecified atom stereocenters. The summed E-state index contributed by atoms with van der Waals surface area (Å²) in [7, 11) is 1.73. The number of carbonyl (C=O) groups excluding carboxylic acids is 1. The van der Waals surface area contributed by atoms with Crippen LogP contribution < -0.4 is 9.47 Å². The topological polar surface area (TPSA) is 82.4 Å². The van der Waals surface area contributed by atoms with Crippen molar-refractivity contribution in [1.29, 1.82) is 0 Å². The molecule has 8 heteroatoms. The highest BCUT2D eigenvalue weighted by Crippen LogP contribution is 2.37. The Balaban J connectivity index is 1.82. The maximum absolute atomic E-state index is 12.2. The van der Waals surface area contributed by atoms with Crippen LogP contribution >= 0.6 is 0 Å². The van der Waals surface area contributed by atoms with Crippen molar-refractivity contribution in [3.8, 4) is 17.2 Å². The molecule has 1 aliphatic heterocycles. The van der Waals surface area contributed by atoms with Crippen LogP contribution in [0.15, 0.2) is 42.5 Å². The van der Waals surface area contributed by atoms with Gasteiger partial charge in [0.25, 0.3) is 0 Å². The highest BCUT2D eigenvalue weighted by molar-refractivity contribution is 5.74. The third-order valence-corrected chi connectivity index (χ3v) is 4.61. The number of rotatable bonds is 4. The molecule has 0 radical (unpaired) electrons. The number of aromatic nitrogens is 4. The summed E-state index contributed by atoms with van der Waals surface area (Å²) < 4.78 is 12.5. The average molecular weight is 365 g/mol. The fourth-order valence-corrected chi connectivity index (χ4v) is 3.05. The molecule has 4 rings (SSSR count). The summed E-state index contributed by atoms with van der Waals surface area (Å²) in [6.07, 6.45) is 0. The van der Waals surface area contributed by atoms with Gasteiger partial charge in [0.05, 0.1) is 5.69 Å². The number of fused-ring (bicyclic) bond motifs is 1. The van der Waals surface area contributed by atoms with Crippen molar-refractivity contribution in [3.05, 3.63) is 59.4 Å². The molecule has 0 N–H and O–H groups in total. The van der Waals surface area contributed by atoms with Gasteiger partial charge in [-0.15, -0.1) is 5.10 Å². The van der Waals surface area contributed by atoms with E-state index in [1.165, 1.54) is 6.92 Å².